The number of rotatable bonds is 7. The second kappa shape index (κ2) is 25.8. The van der Waals surface area contributed by atoms with Crippen LogP contribution in [0.2, 0.25) is 0 Å². The summed E-state index contributed by atoms with van der Waals surface area (Å²) in [5, 5.41) is 156. The van der Waals surface area contributed by atoms with Gasteiger partial charge in [-0.3, -0.25) is 14.4 Å². The Hall–Kier alpha value is -2.77. The molecule has 0 bridgehead atoms. The molecule has 11 rings (SSSR count). The van der Waals surface area contributed by atoms with Gasteiger partial charge in [0.15, 0.2) is 37.4 Å². The van der Waals surface area contributed by atoms with Gasteiger partial charge in [0.25, 0.3) is 0 Å². The third-order valence-corrected chi connectivity index (χ3v) is 23.9. The lowest BCUT2D eigenvalue weighted by molar-refractivity contribution is -0.378. The maximum Gasteiger partial charge on any atom is 0.315 e. The fraction of sp³-hybridized carbons (Fsp3) is 0.921. The van der Waals surface area contributed by atoms with Crippen LogP contribution in [0, 0.1) is 50.2 Å². The topological polar surface area (TPSA) is 445 Å². The standard InChI is InChI=1S/C63H98O29/c1-26-38(71)46(88-51-44(77)39(72)30(66)22-81-51)45(78)52(85-26)89-48-41(74)32(68)24-83-54(48)92-56(79)63-15-13-57(2,3)17-28(63)27-9-10-35-59(5)18-29(65)50-60(6,34(59)11-12-62(35,8)61(27,7)14-16-63)25-84-36(69)19-58(4,80)20-37(70)87-47-40(73)31(67)23-82-53(47)90-49-43(76)42(75)33(21-64)86-55(49)91-50/h9,26,28-35,38-55,64-68,71-78,80H,10-25H2,1-8H3/t26-,28+,29-,30+,31-,32-,33+,34+,35+,38-,39-,40-,41-,42+,43-,44+,45+,46+,47+,48+,49+,50-,51-,52-,53-,54-,55-,58?,59-,60-,61+,62+,63-/m0/s1. The quantitative estimate of drug-likeness (QED) is 0.0535. The number of allylic oxidation sites excluding steroid dienone is 2. The number of hydrogen-bond acceptors (Lipinski definition) is 29. The number of aliphatic hydroxyl groups excluding tert-OH is 13. The van der Waals surface area contributed by atoms with Gasteiger partial charge in [-0.2, -0.15) is 0 Å². The lowest BCUT2D eigenvalue weighted by Crippen LogP contribution is -2.70. The minimum Gasteiger partial charge on any atom is -0.465 e. The molecule has 1 unspecified atom stereocenters. The molecule has 0 amide bonds. The Kier molecular flexibility index (Phi) is 19.8. The molecule has 0 spiro atoms. The largest absolute Gasteiger partial charge is 0.465 e. The Balaban J connectivity index is 0.881. The molecule has 6 aliphatic heterocycles. The molecule has 6 heterocycles. The number of fused-ring (bicyclic) bond motifs is 11. The van der Waals surface area contributed by atoms with E-state index in [1.54, 1.807) is 0 Å². The number of carbonyl (C=O) groups excluding carboxylic acids is 3. The van der Waals surface area contributed by atoms with Gasteiger partial charge in [0.1, 0.15) is 85.5 Å². The van der Waals surface area contributed by atoms with Crippen LogP contribution < -0.4 is 0 Å². The highest BCUT2D eigenvalue weighted by Gasteiger charge is 2.72. The SMILES string of the molecule is C[C@@H]1O[C@@H](O[C@H]2[C@H](OC(=O)[C@]34CCC(C)(C)C[C@@H]3C3=CC[C@@H]5[C@@]6(C)C[C@H](O)[C@@H]7O[C@@H]8O[C@H](CO)[C@@H](O)[C@H](O)[C@H]8O[C@@H]8OC[C@H](O)[C@H](O)[C@H]8OC(=O)CC(C)(O)CC(=O)OC[C@@]7(C)[C@@H]6CC[C@@]5(C)[C@]3(C)CC4)OC[C@H](O)[C@@H]2O)[C@H](O)[C@H](O[C@@H]2OC[C@@H](O)[C@H](O)[C@H]2O)[C@H]1O. The van der Waals surface area contributed by atoms with Crippen molar-refractivity contribution in [2.75, 3.05) is 33.0 Å². The monoisotopic (exact) mass is 1320 g/mol. The Bertz CT molecular complexity index is 2700. The van der Waals surface area contributed by atoms with E-state index in [4.69, 9.17) is 56.8 Å². The first-order valence-corrected chi connectivity index (χ1v) is 32.6. The molecule has 524 valence electrons. The zero-order valence-electron chi connectivity index (χ0n) is 53.4. The number of cyclic esters (lactones) is 1. The molecule has 29 heteroatoms. The van der Waals surface area contributed by atoms with Crippen molar-refractivity contribution in [3.8, 4) is 0 Å². The Morgan fingerprint density at radius 3 is 1.93 bits per heavy atom. The molecule has 92 heavy (non-hydrogen) atoms. The van der Waals surface area contributed by atoms with E-state index in [-0.39, 0.29) is 30.3 Å². The van der Waals surface area contributed by atoms with E-state index < -0.39 is 243 Å². The highest BCUT2D eigenvalue weighted by atomic mass is 16.8. The average Bonchev–Trinajstić information content (AvgIpc) is 0.674. The van der Waals surface area contributed by atoms with Crippen LogP contribution in [0.1, 0.15) is 126 Å². The summed E-state index contributed by atoms with van der Waals surface area (Å²) in [6, 6.07) is 0. The van der Waals surface area contributed by atoms with Crippen molar-refractivity contribution < 1.29 is 143 Å². The van der Waals surface area contributed by atoms with Gasteiger partial charge in [0.05, 0.1) is 75.2 Å². The molecule has 0 aromatic carbocycles. The van der Waals surface area contributed by atoms with Crippen molar-refractivity contribution in [3.05, 3.63) is 11.6 Å². The van der Waals surface area contributed by atoms with E-state index in [2.05, 4.69) is 40.7 Å². The second-order valence-corrected chi connectivity index (χ2v) is 30.5. The van der Waals surface area contributed by atoms with Gasteiger partial charge in [-0.1, -0.05) is 53.2 Å². The predicted molar refractivity (Wildman–Crippen MR) is 306 cm³/mol. The van der Waals surface area contributed by atoms with Crippen LogP contribution in [-0.2, 0) is 71.2 Å². The van der Waals surface area contributed by atoms with Crippen molar-refractivity contribution in [1.29, 1.82) is 0 Å². The molecule has 4 saturated carbocycles. The maximum absolute atomic E-state index is 15.6. The van der Waals surface area contributed by atoms with E-state index in [9.17, 15) is 81.1 Å². The van der Waals surface area contributed by atoms with Gasteiger partial charge in [-0.15, -0.1) is 0 Å². The molecule has 14 N–H and O–H groups in total. The maximum atomic E-state index is 15.6. The van der Waals surface area contributed by atoms with E-state index in [0.717, 1.165) is 5.57 Å². The summed E-state index contributed by atoms with van der Waals surface area (Å²) >= 11 is 0. The first-order chi connectivity index (χ1) is 43.0. The molecule has 6 saturated heterocycles. The number of carbonyl (C=O) groups is 3. The Labute approximate surface area is 533 Å². The van der Waals surface area contributed by atoms with E-state index in [0.29, 0.717) is 51.4 Å². The van der Waals surface area contributed by atoms with Gasteiger partial charge in [0, 0.05) is 5.41 Å². The molecule has 5 aliphatic carbocycles. The van der Waals surface area contributed by atoms with E-state index in [1.807, 2.05) is 6.92 Å². The van der Waals surface area contributed by atoms with Crippen LogP contribution in [0.5, 0.6) is 0 Å². The van der Waals surface area contributed by atoms with Crippen LogP contribution in [0.3, 0.4) is 0 Å². The number of hydrogen-bond donors (Lipinski definition) is 14. The molecular weight excluding hydrogens is 1220 g/mol. The smallest absolute Gasteiger partial charge is 0.315 e. The van der Waals surface area contributed by atoms with E-state index >= 15 is 4.79 Å². The van der Waals surface area contributed by atoms with Crippen LogP contribution in [0.15, 0.2) is 11.6 Å². The fourth-order valence-electron chi connectivity index (χ4n) is 18.5. The minimum absolute atomic E-state index is 0.127. The highest BCUT2D eigenvalue weighted by molar-refractivity contribution is 5.79. The molecular formula is C63H98O29. The summed E-state index contributed by atoms with van der Waals surface area (Å²) in [4.78, 5) is 43.1. The Morgan fingerprint density at radius 2 is 1.23 bits per heavy atom. The van der Waals surface area contributed by atoms with Crippen molar-refractivity contribution in [3.63, 3.8) is 0 Å². The van der Waals surface area contributed by atoms with Gasteiger partial charge < -0.3 is 128 Å². The van der Waals surface area contributed by atoms with Crippen molar-refractivity contribution in [2.24, 2.45) is 50.2 Å². The minimum atomic E-state index is -2.07. The first-order valence-electron chi connectivity index (χ1n) is 32.6. The van der Waals surface area contributed by atoms with Gasteiger partial charge >= 0.3 is 17.9 Å². The first kappa shape index (κ1) is 70.5. The van der Waals surface area contributed by atoms with Gasteiger partial charge in [0.2, 0.25) is 6.29 Å². The van der Waals surface area contributed by atoms with Crippen molar-refractivity contribution in [1.82, 2.24) is 0 Å². The van der Waals surface area contributed by atoms with Crippen molar-refractivity contribution >= 4 is 17.9 Å². The predicted octanol–water partition coefficient (Wildman–Crippen LogP) is -2.68. The highest BCUT2D eigenvalue weighted by Crippen LogP contribution is 2.76. The molecule has 10 fully saturated rings. The van der Waals surface area contributed by atoms with E-state index in [1.165, 1.54) is 13.8 Å². The molecule has 29 nitrogen and oxygen atoms in total. The lowest BCUT2D eigenvalue weighted by atomic mass is 9.33. The van der Waals surface area contributed by atoms with Crippen molar-refractivity contribution in [2.45, 2.75) is 279 Å². The third-order valence-electron chi connectivity index (χ3n) is 23.9. The summed E-state index contributed by atoms with van der Waals surface area (Å²) in [6.07, 6.45) is -34.3. The summed E-state index contributed by atoms with van der Waals surface area (Å²) in [5.74, 6) is -3.64. The average molecular weight is 1320 g/mol. The lowest BCUT2D eigenvalue weighted by Gasteiger charge is -2.72. The molecule has 0 radical (unpaired) electrons. The zero-order chi connectivity index (χ0) is 66.9. The molecule has 11 aliphatic rings. The normalized spacial score (nSPS) is 54.2. The van der Waals surface area contributed by atoms with Gasteiger partial charge in [-0.25, -0.2) is 0 Å². The molecule has 33 atom stereocenters. The summed E-state index contributed by atoms with van der Waals surface area (Å²) in [6.45, 7) is 12.8. The summed E-state index contributed by atoms with van der Waals surface area (Å²) in [5.41, 5.74) is -5.58. The van der Waals surface area contributed by atoms with Crippen LogP contribution in [0.4, 0.5) is 0 Å². The third kappa shape index (κ3) is 12.2. The number of ether oxygens (including phenoxy) is 12. The fourth-order valence-corrected chi connectivity index (χ4v) is 18.5. The van der Waals surface area contributed by atoms with Crippen LogP contribution >= 0.6 is 0 Å². The molecule has 0 aromatic rings. The van der Waals surface area contributed by atoms with Crippen LogP contribution in [-0.4, -0.2) is 275 Å². The Morgan fingerprint density at radius 1 is 0.587 bits per heavy atom. The van der Waals surface area contributed by atoms with Crippen LogP contribution in [0.25, 0.3) is 0 Å². The second-order valence-electron chi connectivity index (χ2n) is 30.5. The number of aliphatic hydroxyl groups is 14. The molecule has 0 aromatic heterocycles. The summed E-state index contributed by atoms with van der Waals surface area (Å²) < 4.78 is 72.2. The van der Waals surface area contributed by atoms with Gasteiger partial charge in [-0.05, 0) is 111 Å². The zero-order valence-corrected chi connectivity index (χ0v) is 53.4. The summed E-state index contributed by atoms with van der Waals surface area (Å²) in [7, 11) is 0. The number of esters is 3.